The molecule has 2 aromatic carbocycles. The number of rotatable bonds is 3. The number of aliphatic carboxylic acids is 1. The van der Waals surface area contributed by atoms with E-state index in [1.807, 2.05) is 0 Å². The number of carboxylic acids is 1. The van der Waals surface area contributed by atoms with Gasteiger partial charge in [-0.15, -0.1) is 0 Å². The first-order chi connectivity index (χ1) is 8.95. The summed E-state index contributed by atoms with van der Waals surface area (Å²) >= 11 is 11.9. The molecule has 0 aliphatic heterocycles. The van der Waals surface area contributed by atoms with E-state index in [0.29, 0.717) is 21.7 Å². The van der Waals surface area contributed by atoms with E-state index in [-0.39, 0.29) is 11.4 Å². The lowest BCUT2D eigenvalue weighted by Crippen LogP contribution is -1.99. The minimum Gasteiger partial charge on any atom is -0.481 e. The lowest BCUT2D eigenvalue weighted by molar-refractivity contribution is -0.136. The highest BCUT2D eigenvalue weighted by Crippen LogP contribution is 2.31. The summed E-state index contributed by atoms with van der Waals surface area (Å²) in [7, 11) is 0. The monoisotopic (exact) mass is 298 g/mol. The van der Waals surface area contributed by atoms with Gasteiger partial charge in [0.05, 0.1) is 6.42 Å². The van der Waals surface area contributed by atoms with Crippen molar-refractivity contribution in [2.75, 3.05) is 0 Å². The Hall–Kier alpha value is -1.58. The molecule has 1 N–H and O–H groups in total. The van der Waals surface area contributed by atoms with Crippen molar-refractivity contribution in [3.63, 3.8) is 0 Å². The fourth-order valence-corrected chi connectivity index (χ4v) is 2.32. The zero-order valence-corrected chi connectivity index (χ0v) is 11.2. The molecule has 0 unspecified atom stereocenters. The van der Waals surface area contributed by atoms with Gasteiger partial charge in [-0.1, -0.05) is 35.3 Å². The van der Waals surface area contributed by atoms with Gasteiger partial charge in [-0.2, -0.15) is 0 Å². The van der Waals surface area contributed by atoms with Gasteiger partial charge < -0.3 is 5.11 Å². The molecule has 0 saturated carbocycles. The third kappa shape index (κ3) is 3.46. The zero-order valence-electron chi connectivity index (χ0n) is 9.66. The van der Waals surface area contributed by atoms with Crippen LogP contribution in [0.15, 0.2) is 36.4 Å². The average molecular weight is 299 g/mol. The van der Waals surface area contributed by atoms with Gasteiger partial charge in [-0.25, -0.2) is 4.39 Å². The first-order valence-electron chi connectivity index (χ1n) is 5.42. The van der Waals surface area contributed by atoms with E-state index in [9.17, 15) is 9.18 Å². The molecule has 0 amide bonds. The zero-order chi connectivity index (χ0) is 14.0. The summed E-state index contributed by atoms with van der Waals surface area (Å²) in [6, 6.07) is 8.99. The molecule has 0 aliphatic carbocycles. The van der Waals surface area contributed by atoms with Gasteiger partial charge in [-0.3, -0.25) is 4.79 Å². The second-order valence-electron chi connectivity index (χ2n) is 4.04. The van der Waals surface area contributed by atoms with Gasteiger partial charge in [0.1, 0.15) is 5.82 Å². The minimum absolute atomic E-state index is 0.107. The lowest BCUT2D eigenvalue weighted by atomic mass is 10.0. The second-order valence-corrected chi connectivity index (χ2v) is 4.89. The van der Waals surface area contributed by atoms with Crippen molar-refractivity contribution in [3.8, 4) is 11.1 Å². The first kappa shape index (κ1) is 13.8. The van der Waals surface area contributed by atoms with Crippen molar-refractivity contribution in [3.05, 3.63) is 57.8 Å². The lowest BCUT2D eigenvalue weighted by Gasteiger charge is -2.07. The number of halogens is 3. The molecular formula is C14H9Cl2FO2. The van der Waals surface area contributed by atoms with Gasteiger partial charge in [0.15, 0.2) is 0 Å². The molecule has 98 valence electrons. The maximum absolute atomic E-state index is 13.3. The van der Waals surface area contributed by atoms with Crippen LogP contribution < -0.4 is 0 Å². The molecule has 0 aliphatic rings. The Bertz CT molecular complexity index is 621. The smallest absolute Gasteiger partial charge is 0.307 e. The van der Waals surface area contributed by atoms with Crippen LogP contribution >= 0.6 is 23.2 Å². The van der Waals surface area contributed by atoms with Crippen molar-refractivity contribution in [2.45, 2.75) is 6.42 Å². The molecule has 19 heavy (non-hydrogen) atoms. The van der Waals surface area contributed by atoms with E-state index in [0.717, 1.165) is 0 Å². The molecular weight excluding hydrogens is 290 g/mol. The molecule has 5 heteroatoms. The van der Waals surface area contributed by atoms with Crippen LogP contribution in [0.3, 0.4) is 0 Å². The second kappa shape index (κ2) is 5.59. The Morgan fingerprint density at radius 2 is 1.89 bits per heavy atom. The molecule has 0 heterocycles. The van der Waals surface area contributed by atoms with Crippen LogP contribution in [0.5, 0.6) is 0 Å². The Labute approximate surface area is 119 Å². The molecule has 2 rings (SSSR count). The molecule has 2 nitrogen and oxygen atoms in total. The summed E-state index contributed by atoms with van der Waals surface area (Å²) in [6.07, 6.45) is -0.107. The summed E-state index contributed by atoms with van der Waals surface area (Å²) in [5.41, 5.74) is 1.75. The molecule has 0 aromatic heterocycles. The molecule has 2 aromatic rings. The largest absolute Gasteiger partial charge is 0.481 e. The fraction of sp³-hybridized carbons (Fsp3) is 0.0714. The predicted molar refractivity (Wildman–Crippen MR) is 73.2 cm³/mol. The van der Waals surface area contributed by atoms with Gasteiger partial charge in [-0.05, 0) is 35.4 Å². The highest BCUT2D eigenvalue weighted by Gasteiger charge is 2.09. The molecule has 0 atom stereocenters. The van der Waals surface area contributed by atoms with Crippen LogP contribution in [0, 0.1) is 5.82 Å². The SMILES string of the molecule is O=C(O)Cc1ccc(-c2cc(F)cc(Cl)c2)c(Cl)c1. The maximum atomic E-state index is 13.3. The summed E-state index contributed by atoms with van der Waals surface area (Å²) in [5.74, 6) is -1.38. The quantitative estimate of drug-likeness (QED) is 0.910. The topological polar surface area (TPSA) is 37.3 Å². The van der Waals surface area contributed by atoms with Crippen LogP contribution in [0.25, 0.3) is 11.1 Å². The Balaban J connectivity index is 2.42. The number of hydrogen-bond donors (Lipinski definition) is 1. The van der Waals surface area contributed by atoms with Gasteiger partial charge >= 0.3 is 5.97 Å². The van der Waals surface area contributed by atoms with Crippen LogP contribution in [-0.2, 0) is 11.2 Å². The molecule has 0 spiro atoms. The van der Waals surface area contributed by atoms with E-state index in [1.165, 1.54) is 12.1 Å². The summed E-state index contributed by atoms with van der Waals surface area (Å²) in [4.78, 5) is 10.6. The van der Waals surface area contributed by atoms with Crippen LogP contribution in [0.4, 0.5) is 4.39 Å². The average Bonchev–Trinajstić information content (AvgIpc) is 2.26. The van der Waals surface area contributed by atoms with Crippen molar-refractivity contribution < 1.29 is 14.3 Å². The van der Waals surface area contributed by atoms with E-state index < -0.39 is 11.8 Å². The third-order valence-electron chi connectivity index (χ3n) is 2.56. The summed E-state index contributed by atoms with van der Waals surface area (Å²) in [6.45, 7) is 0. The van der Waals surface area contributed by atoms with Crippen LogP contribution in [0.2, 0.25) is 10.0 Å². The van der Waals surface area contributed by atoms with Gasteiger partial charge in [0, 0.05) is 15.6 Å². The van der Waals surface area contributed by atoms with Crippen molar-refractivity contribution in [2.24, 2.45) is 0 Å². The molecule has 0 saturated heterocycles. The predicted octanol–water partition coefficient (Wildman–Crippen LogP) is 4.43. The number of carboxylic acid groups (broad SMARTS) is 1. The maximum Gasteiger partial charge on any atom is 0.307 e. The summed E-state index contributed by atoms with van der Waals surface area (Å²) < 4.78 is 13.3. The van der Waals surface area contributed by atoms with E-state index in [4.69, 9.17) is 28.3 Å². The van der Waals surface area contributed by atoms with E-state index in [1.54, 1.807) is 24.3 Å². The standard InChI is InChI=1S/C14H9Cl2FO2/c15-10-5-9(6-11(17)7-10)12-2-1-8(3-13(12)16)4-14(18)19/h1-3,5-7H,4H2,(H,18,19). The van der Waals surface area contributed by atoms with Crippen LogP contribution in [-0.4, -0.2) is 11.1 Å². The Kier molecular flexibility index (Phi) is 4.08. The summed E-state index contributed by atoms with van der Waals surface area (Å²) in [5, 5.41) is 9.35. The van der Waals surface area contributed by atoms with E-state index in [2.05, 4.69) is 0 Å². The Morgan fingerprint density at radius 1 is 1.16 bits per heavy atom. The van der Waals surface area contributed by atoms with Crippen molar-refractivity contribution in [1.29, 1.82) is 0 Å². The van der Waals surface area contributed by atoms with Crippen molar-refractivity contribution in [1.82, 2.24) is 0 Å². The molecule has 0 bridgehead atoms. The fourth-order valence-electron chi connectivity index (χ4n) is 1.79. The van der Waals surface area contributed by atoms with Gasteiger partial charge in [0.2, 0.25) is 0 Å². The molecule has 0 fully saturated rings. The van der Waals surface area contributed by atoms with Crippen molar-refractivity contribution >= 4 is 29.2 Å². The number of benzene rings is 2. The Morgan fingerprint density at radius 3 is 2.47 bits per heavy atom. The first-order valence-corrected chi connectivity index (χ1v) is 6.18. The van der Waals surface area contributed by atoms with Crippen LogP contribution in [0.1, 0.15) is 5.56 Å². The highest BCUT2D eigenvalue weighted by atomic mass is 35.5. The molecule has 0 radical (unpaired) electrons. The minimum atomic E-state index is -0.933. The number of hydrogen-bond acceptors (Lipinski definition) is 1. The highest BCUT2D eigenvalue weighted by molar-refractivity contribution is 6.34. The van der Waals surface area contributed by atoms with Gasteiger partial charge in [0.25, 0.3) is 0 Å². The third-order valence-corrected chi connectivity index (χ3v) is 3.09. The van der Waals surface area contributed by atoms with E-state index >= 15 is 0 Å². The number of carbonyl (C=O) groups is 1. The normalized spacial score (nSPS) is 10.5.